The lowest BCUT2D eigenvalue weighted by atomic mass is 10.1. The van der Waals surface area contributed by atoms with Gasteiger partial charge in [0.15, 0.2) is 0 Å². The minimum Gasteiger partial charge on any atom is -0.398 e. The second kappa shape index (κ2) is 3.38. The van der Waals surface area contributed by atoms with Gasteiger partial charge in [-0.2, -0.15) is 0 Å². The maximum atomic E-state index is 5.93. The first kappa shape index (κ1) is 9.71. The summed E-state index contributed by atoms with van der Waals surface area (Å²) >= 11 is 2.32. The van der Waals surface area contributed by atoms with Gasteiger partial charge in [-0.05, 0) is 60.2 Å². The molecule has 2 rings (SSSR count). The van der Waals surface area contributed by atoms with E-state index in [0.29, 0.717) is 0 Å². The highest BCUT2D eigenvalue weighted by molar-refractivity contribution is 14.1. The highest BCUT2D eigenvalue weighted by atomic mass is 127. The topological polar surface area (TPSA) is 38.9 Å². The van der Waals surface area contributed by atoms with Gasteiger partial charge in [0.1, 0.15) is 0 Å². The summed E-state index contributed by atoms with van der Waals surface area (Å²) in [5.74, 6) is 0. The average molecular weight is 298 g/mol. The van der Waals surface area contributed by atoms with E-state index >= 15 is 0 Å². The Bertz CT molecular complexity index is 506. The number of fused-ring (bicyclic) bond motifs is 1. The summed E-state index contributed by atoms with van der Waals surface area (Å²) in [6.45, 7) is 4.05. The van der Waals surface area contributed by atoms with Crippen molar-refractivity contribution in [2.75, 3.05) is 5.73 Å². The molecule has 1 heterocycles. The molecule has 2 N–H and O–H groups in total. The number of nitrogens with two attached hydrogens (primary N) is 1. The first-order valence-corrected chi connectivity index (χ1v) is 5.49. The van der Waals surface area contributed by atoms with Crippen molar-refractivity contribution in [3.05, 3.63) is 33.0 Å². The number of hydrogen-bond donors (Lipinski definition) is 1. The van der Waals surface area contributed by atoms with Crippen LogP contribution in [0.4, 0.5) is 5.69 Å². The number of aryl methyl sites for hydroxylation is 2. The molecule has 0 fully saturated rings. The quantitative estimate of drug-likeness (QED) is 0.759. The lowest BCUT2D eigenvalue weighted by molar-refractivity contribution is 1.24. The van der Waals surface area contributed by atoms with Crippen LogP contribution in [-0.2, 0) is 0 Å². The standard InChI is InChI=1S/C11H11IN2/c1-6-5-10(13)8-3-4-9(12)7(2)11(8)14-6/h3-5H,1-2H3,(H2,13,14). The Morgan fingerprint density at radius 3 is 2.71 bits per heavy atom. The van der Waals surface area contributed by atoms with Crippen LogP contribution in [0.5, 0.6) is 0 Å². The number of rotatable bonds is 0. The molecule has 2 nitrogen and oxygen atoms in total. The smallest absolute Gasteiger partial charge is 0.0765 e. The zero-order valence-electron chi connectivity index (χ0n) is 8.13. The highest BCUT2D eigenvalue weighted by Gasteiger charge is 2.05. The molecule has 0 aliphatic heterocycles. The molecule has 0 bridgehead atoms. The number of anilines is 1. The zero-order valence-corrected chi connectivity index (χ0v) is 10.3. The van der Waals surface area contributed by atoms with Gasteiger partial charge in [-0.3, -0.25) is 4.98 Å². The molecule has 1 aromatic heterocycles. The van der Waals surface area contributed by atoms with Crippen molar-refractivity contribution < 1.29 is 0 Å². The second-order valence-electron chi connectivity index (χ2n) is 3.42. The molecule has 0 aliphatic carbocycles. The van der Waals surface area contributed by atoms with E-state index in [1.54, 1.807) is 0 Å². The fourth-order valence-corrected chi connectivity index (χ4v) is 2.00. The maximum Gasteiger partial charge on any atom is 0.0765 e. The number of halogens is 1. The van der Waals surface area contributed by atoms with Crippen LogP contribution in [-0.4, -0.2) is 4.98 Å². The molecule has 2 aromatic rings. The van der Waals surface area contributed by atoms with Crippen LogP contribution in [0.3, 0.4) is 0 Å². The summed E-state index contributed by atoms with van der Waals surface area (Å²) in [5, 5.41) is 1.05. The van der Waals surface area contributed by atoms with Crippen LogP contribution >= 0.6 is 22.6 Å². The monoisotopic (exact) mass is 298 g/mol. The average Bonchev–Trinajstić information content (AvgIpc) is 2.12. The summed E-state index contributed by atoms with van der Waals surface area (Å²) < 4.78 is 1.23. The molecule has 0 atom stereocenters. The number of nitrogens with zero attached hydrogens (tertiary/aromatic N) is 1. The van der Waals surface area contributed by atoms with E-state index in [-0.39, 0.29) is 0 Å². The number of aromatic nitrogens is 1. The molecular formula is C11H11IN2. The minimum absolute atomic E-state index is 0.812. The highest BCUT2D eigenvalue weighted by Crippen LogP contribution is 2.26. The molecular weight excluding hydrogens is 287 g/mol. The Morgan fingerprint density at radius 1 is 1.29 bits per heavy atom. The molecule has 0 aliphatic rings. The molecule has 0 amide bonds. The van der Waals surface area contributed by atoms with Gasteiger partial charge in [0.25, 0.3) is 0 Å². The van der Waals surface area contributed by atoms with E-state index in [9.17, 15) is 0 Å². The van der Waals surface area contributed by atoms with Gasteiger partial charge in [-0.15, -0.1) is 0 Å². The van der Waals surface area contributed by atoms with Crippen molar-refractivity contribution in [3.63, 3.8) is 0 Å². The Kier molecular flexibility index (Phi) is 2.34. The Morgan fingerprint density at radius 2 is 2.00 bits per heavy atom. The second-order valence-corrected chi connectivity index (χ2v) is 4.58. The predicted molar refractivity (Wildman–Crippen MR) is 68.3 cm³/mol. The van der Waals surface area contributed by atoms with Crippen LogP contribution in [0.1, 0.15) is 11.3 Å². The minimum atomic E-state index is 0.812. The fourth-order valence-electron chi connectivity index (χ4n) is 1.56. The van der Waals surface area contributed by atoms with Gasteiger partial charge < -0.3 is 5.73 Å². The summed E-state index contributed by atoms with van der Waals surface area (Å²) in [6, 6.07) is 6.02. The van der Waals surface area contributed by atoms with Gasteiger partial charge >= 0.3 is 0 Å². The molecule has 3 heteroatoms. The summed E-state index contributed by atoms with van der Waals surface area (Å²) in [4.78, 5) is 4.51. The summed E-state index contributed by atoms with van der Waals surface area (Å²) in [7, 11) is 0. The lowest BCUT2D eigenvalue weighted by Gasteiger charge is -2.07. The first-order chi connectivity index (χ1) is 6.59. The van der Waals surface area contributed by atoms with Crippen molar-refractivity contribution in [1.29, 1.82) is 0 Å². The first-order valence-electron chi connectivity index (χ1n) is 4.41. The number of nitrogen functional groups attached to an aromatic ring is 1. The number of benzene rings is 1. The largest absolute Gasteiger partial charge is 0.398 e. The lowest BCUT2D eigenvalue weighted by Crippen LogP contribution is -1.95. The third-order valence-electron chi connectivity index (χ3n) is 2.33. The van der Waals surface area contributed by atoms with E-state index in [0.717, 1.165) is 22.3 Å². The normalized spacial score (nSPS) is 10.8. The van der Waals surface area contributed by atoms with Gasteiger partial charge in [-0.25, -0.2) is 0 Å². The fraction of sp³-hybridized carbons (Fsp3) is 0.182. The van der Waals surface area contributed by atoms with Crippen LogP contribution in [0.15, 0.2) is 18.2 Å². The molecule has 0 spiro atoms. The summed E-state index contributed by atoms with van der Waals surface area (Å²) in [6.07, 6.45) is 0. The van der Waals surface area contributed by atoms with E-state index in [2.05, 4.69) is 40.6 Å². The van der Waals surface area contributed by atoms with Crippen LogP contribution < -0.4 is 5.73 Å². The van der Waals surface area contributed by atoms with Crippen LogP contribution in [0.25, 0.3) is 10.9 Å². The Balaban J connectivity index is 2.95. The predicted octanol–water partition coefficient (Wildman–Crippen LogP) is 3.04. The summed E-state index contributed by atoms with van der Waals surface area (Å²) in [5.41, 5.74) is 9.95. The van der Waals surface area contributed by atoms with Gasteiger partial charge in [-0.1, -0.05) is 0 Å². The van der Waals surface area contributed by atoms with Crippen LogP contribution in [0.2, 0.25) is 0 Å². The number of pyridine rings is 1. The molecule has 1 aromatic carbocycles. The van der Waals surface area contributed by atoms with Gasteiger partial charge in [0, 0.05) is 20.3 Å². The van der Waals surface area contributed by atoms with E-state index < -0.39 is 0 Å². The Labute approximate surface area is 96.7 Å². The van der Waals surface area contributed by atoms with Crippen molar-refractivity contribution in [3.8, 4) is 0 Å². The van der Waals surface area contributed by atoms with Crippen molar-refractivity contribution in [1.82, 2.24) is 4.98 Å². The van der Waals surface area contributed by atoms with Gasteiger partial charge in [0.05, 0.1) is 5.52 Å². The maximum absolute atomic E-state index is 5.93. The van der Waals surface area contributed by atoms with Crippen molar-refractivity contribution >= 4 is 39.2 Å². The third kappa shape index (κ3) is 1.45. The van der Waals surface area contributed by atoms with Crippen LogP contribution in [0, 0.1) is 17.4 Å². The molecule has 0 saturated heterocycles. The van der Waals surface area contributed by atoms with E-state index in [1.807, 2.05) is 19.1 Å². The third-order valence-corrected chi connectivity index (χ3v) is 3.50. The zero-order chi connectivity index (χ0) is 10.3. The molecule has 72 valence electrons. The number of hydrogen-bond acceptors (Lipinski definition) is 2. The van der Waals surface area contributed by atoms with Crippen molar-refractivity contribution in [2.45, 2.75) is 13.8 Å². The van der Waals surface area contributed by atoms with E-state index in [4.69, 9.17) is 5.73 Å². The molecule has 0 radical (unpaired) electrons. The SMILES string of the molecule is Cc1cc(N)c2ccc(I)c(C)c2n1. The molecule has 0 saturated carbocycles. The van der Waals surface area contributed by atoms with Crippen molar-refractivity contribution in [2.24, 2.45) is 0 Å². The Hall–Kier alpha value is -0.840. The molecule has 14 heavy (non-hydrogen) atoms. The van der Waals surface area contributed by atoms with Gasteiger partial charge in [0.2, 0.25) is 0 Å². The van der Waals surface area contributed by atoms with E-state index in [1.165, 1.54) is 9.13 Å². The molecule has 0 unspecified atom stereocenters.